The Bertz CT molecular complexity index is 1190. The lowest BCUT2D eigenvalue weighted by atomic mass is 10.1. The molecule has 158 valence electrons. The van der Waals surface area contributed by atoms with Crippen molar-refractivity contribution in [2.45, 2.75) is 30.9 Å². The van der Waals surface area contributed by atoms with Crippen molar-refractivity contribution in [2.75, 3.05) is 10.2 Å². The van der Waals surface area contributed by atoms with Crippen molar-refractivity contribution in [3.05, 3.63) is 70.7 Å². The molecule has 2 heterocycles. The summed E-state index contributed by atoms with van der Waals surface area (Å²) < 4.78 is 0.868. The maximum atomic E-state index is 12.2. The minimum absolute atomic E-state index is 0.0639. The second-order valence-electron chi connectivity index (χ2n) is 6.90. The van der Waals surface area contributed by atoms with Gasteiger partial charge in [-0.3, -0.25) is 9.69 Å². The van der Waals surface area contributed by atoms with Crippen LogP contribution in [0.2, 0.25) is 0 Å². The third-order valence-corrected chi connectivity index (χ3v) is 7.45. The van der Waals surface area contributed by atoms with Gasteiger partial charge in [-0.05, 0) is 49.2 Å². The second kappa shape index (κ2) is 9.59. The van der Waals surface area contributed by atoms with E-state index >= 15 is 0 Å². The fourth-order valence-corrected chi connectivity index (χ4v) is 5.52. The Hall–Kier alpha value is -2.75. The molecular weight excluding hydrogens is 446 g/mol. The maximum Gasteiger partial charge on any atom is 0.230 e. The summed E-state index contributed by atoms with van der Waals surface area (Å²) in [6.45, 7) is 5.74. The molecule has 0 spiro atoms. The minimum atomic E-state index is -0.0639. The number of nitrogens with one attached hydrogen (secondary N) is 1. The summed E-state index contributed by atoms with van der Waals surface area (Å²) in [5.74, 6) is 0.598. The Morgan fingerprint density at radius 2 is 1.90 bits per heavy atom. The Morgan fingerprint density at radius 1 is 1.10 bits per heavy atom. The number of nitrogens with zero attached hydrogens (tertiary/aromatic N) is 4. The molecule has 6 nitrogen and oxygen atoms in total. The van der Waals surface area contributed by atoms with Crippen molar-refractivity contribution in [2.24, 2.45) is 0 Å². The van der Waals surface area contributed by atoms with Crippen LogP contribution in [0.3, 0.4) is 0 Å². The number of amides is 1. The van der Waals surface area contributed by atoms with E-state index in [1.165, 1.54) is 33.8 Å². The molecule has 2 aromatic carbocycles. The minimum Gasteiger partial charge on any atom is -0.330 e. The van der Waals surface area contributed by atoms with Crippen LogP contribution < -0.4 is 10.2 Å². The normalized spacial score (nSPS) is 10.8. The summed E-state index contributed by atoms with van der Waals surface area (Å²) in [7, 11) is 0. The lowest BCUT2D eigenvalue weighted by molar-refractivity contribution is -0.115. The fraction of sp³-hybridized carbons (Fsp3) is 0.182. The molecule has 0 bridgehead atoms. The van der Waals surface area contributed by atoms with Gasteiger partial charge in [-0.15, -0.1) is 21.5 Å². The van der Waals surface area contributed by atoms with Crippen LogP contribution in [0.5, 0.6) is 0 Å². The smallest absolute Gasteiger partial charge is 0.230 e. The van der Waals surface area contributed by atoms with E-state index in [0.29, 0.717) is 10.9 Å². The Morgan fingerprint density at radius 3 is 2.65 bits per heavy atom. The van der Waals surface area contributed by atoms with Gasteiger partial charge in [-0.25, -0.2) is 4.98 Å². The van der Waals surface area contributed by atoms with Gasteiger partial charge in [-0.2, -0.15) is 0 Å². The SMILES string of the molecule is CC(=O)N(c1ccccc1)c1nc(CSc2nnc(Nc3ccc(C)c(C)c3)s2)cs1. The summed E-state index contributed by atoms with van der Waals surface area (Å²) in [6, 6.07) is 15.8. The molecule has 0 fully saturated rings. The van der Waals surface area contributed by atoms with E-state index < -0.39 is 0 Å². The average Bonchev–Trinajstić information content (AvgIpc) is 3.39. The highest BCUT2D eigenvalue weighted by atomic mass is 32.2. The van der Waals surface area contributed by atoms with E-state index in [4.69, 9.17) is 0 Å². The van der Waals surface area contributed by atoms with Gasteiger partial charge in [0.15, 0.2) is 9.47 Å². The zero-order valence-electron chi connectivity index (χ0n) is 17.3. The summed E-state index contributed by atoms with van der Waals surface area (Å²) >= 11 is 4.56. The fourth-order valence-electron chi connectivity index (χ4n) is 2.87. The lowest BCUT2D eigenvalue weighted by Gasteiger charge is -2.17. The molecule has 2 aromatic heterocycles. The number of thiazole rings is 1. The standard InChI is InChI=1S/C22H21N5OS3/c1-14-9-10-17(11-15(14)2)23-20-25-26-22(31-20)30-13-18-12-29-21(24-18)27(16(3)28)19-7-5-4-6-8-19/h4-12H,13H2,1-3H3,(H,23,25). The third-order valence-electron chi connectivity index (χ3n) is 4.57. The van der Waals surface area contributed by atoms with Gasteiger partial charge in [-0.1, -0.05) is 47.4 Å². The highest BCUT2D eigenvalue weighted by Gasteiger charge is 2.18. The van der Waals surface area contributed by atoms with Gasteiger partial charge in [0.05, 0.1) is 11.4 Å². The molecule has 0 radical (unpaired) electrons. The molecule has 0 aliphatic carbocycles. The number of carbonyl (C=O) groups excluding carboxylic acids is 1. The van der Waals surface area contributed by atoms with Crippen molar-refractivity contribution in [3.63, 3.8) is 0 Å². The van der Waals surface area contributed by atoms with Crippen LogP contribution in [0.4, 0.5) is 21.6 Å². The van der Waals surface area contributed by atoms with Crippen LogP contribution in [0.15, 0.2) is 58.3 Å². The molecule has 0 unspecified atom stereocenters. The quantitative estimate of drug-likeness (QED) is 0.320. The number of hydrogen-bond acceptors (Lipinski definition) is 8. The Balaban J connectivity index is 1.40. The first-order valence-electron chi connectivity index (χ1n) is 9.60. The van der Waals surface area contributed by atoms with Crippen molar-refractivity contribution < 1.29 is 4.79 Å². The molecule has 0 aliphatic heterocycles. The molecule has 0 saturated heterocycles. The number of para-hydroxylation sites is 1. The molecule has 9 heteroatoms. The summed E-state index contributed by atoms with van der Waals surface area (Å²) in [4.78, 5) is 18.5. The van der Waals surface area contributed by atoms with Crippen LogP contribution in [0, 0.1) is 13.8 Å². The van der Waals surface area contributed by atoms with E-state index in [2.05, 4.69) is 46.5 Å². The molecular formula is C22H21N5OS3. The molecule has 4 aromatic rings. The first-order valence-corrected chi connectivity index (χ1v) is 12.3. The van der Waals surface area contributed by atoms with Crippen LogP contribution >= 0.6 is 34.4 Å². The van der Waals surface area contributed by atoms with Crippen molar-refractivity contribution in [3.8, 4) is 0 Å². The number of anilines is 4. The van der Waals surface area contributed by atoms with E-state index in [0.717, 1.165) is 26.5 Å². The van der Waals surface area contributed by atoms with E-state index in [1.807, 2.05) is 41.8 Å². The largest absolute Gasteiger partial charge is 0.330 e. The number of aromatic nitrogens is 3. The topological polar surface area (TPSA) is 71.0 Å². The Labute approximate surface area is 193 Å². The van der Waals surface area contributed by atoms with Gasteiger partial charge in [0, 0.05) is 23.7 Å². The van der Waals surface area contributed by atoms with Gasteiger partial charge in [0.1, 0.15) is 0 Å². The van der Waals surface area contributed by atoms with E-state index in [1.54, 1.807) is 23.6 Å². The molecule has 1 amide bonds. The second-order valence-corrected chi connectivity index (χ2v) is 9.93. The summed E-state index contributed by atoms with van der Waals surface area (Å²) in [6.07, 6.45) is 0. The van der Waals surface area contributed by atoms with Crippen LogP contribution in [-0.4, -0.2) is 21.1 Å². The maximum absolute atomic E-state index is 12.2. The third kappa shape index (κ3) is 5.30. The highest BCUT2D eigenvalue weighted by Crippen LogP contribution is 2.33. The van der Waals surface area contributed by atoms with Crippen molar-refractivity contribution in [1.29, 1.82) is 0 Å². The summed E-state index contributed by atoms with van der Waals surface area (Å²) in [5.41, 5.74) is 5.22. The van der Waals surface area contributed by atoms with Crippen LogP contribution in [0.1, 0.15) is 23.7 Å². The van der Waals surface area contributed by atoms with Gasteiger partial charge in [0.2, 0.25) is 11.0 Å². The highest BCUT2D eigenvalue weighted by molar-refractivity contribution is 8.00. The number of aryl methyl sites for hydroxylation is 2. The van der Waals surface area contributed by atoms with Gasteiger partial charge < -0.3 is 5.32 Å². The Kier molecular flexibility index (Phi) is 6.64. The molecule has 31 heavy (non-hydrogen) atoms. The summed E-state index contributed by atoms with van der Waals surface area (Å²) in [5, 5.41) is 15.2. The average molecular weight is 468 g/mol. The predicted octanol–water partition coefficient (Wildman–Crippen LogP) is 6.33. The molecule has 4 rings (SSSR count). The number of benzene rings is 2. The molecule has 0 saturated carbocycles. The zero-order chi connectivity index (χ0) is 21.8. The van der Waals surface area contributed by atoms with Crippen LogP contribution in [0.25, 0.3) is 0 Å². The van der Waals surface area contributed by atoms with Crippen molar-refractivity contribution in [1.82, 2.24) is 15.2 Å². The molecule has 0 atom stereocenters. The first-order chi connectivity index (χ1) is 15.0. The zero-order valence-corrected chi connectivity index (χ0v) is 19.8. The van der Waals surface area contributed by atoms with E-state index in [-0.39, 0.29) is 5.91 Å². The van der Waals surface area contributed by atoms with Crippen molar-refractivity contribution >= 4 is 62.0 Å². The number of thioether (sulfide) groups is 1. The predicted molar refractivity (Wildman–Crippen MR) is 130 cm³/mol. The van der Waals surface area contributed by atoms with Crippen LogP contribution in [-0.2, 0) is 10.5 Å². The number of hydrogen-bond donors (Lipinski definition) is 1. The number of carbonyl (C=O) groups is 1. The molecule has 1 N–H and O–H groups in total. The monoisotopic (exact) mass is 467 g/mol. The first kappa shape index (κ1) is 21.5. The van der Waals surface area contributed by atoms with Gasteiger partial charge >= 0.3 is 0 Å². The molecule has 0 aliphatic rings. The van der Waals surface area contributed by atoms with E-state index in [9.17, 15) is 4.79 Å². The lowest BCUT2D eigenvalue weighted by Crippen LogP contribution is -2.22. The van der Waals surface area contributed by atoms with Gasteiger partial charge in [0.25, 0.3) is 0 Å². The number of rotatable bonds is 7.